The highest BCUT2D eigenvalue weighted by atomic mass is 19.1. The Morgan fingerprint density at radius 3 is 2.85 bits per heavy atom. The topological polar surface area (TPSA) is 58.1 Å². The van der Waals surface area contributed by atoms with Crippen molar-refractivity contribution in [2.24, 2.45) is 0 Å². The Hall–Kier alpha value is -2.50. The molecule has 6 heteroatoms. The van der Waals surface area contributed by atoms with Gasteiger partial charge in [0.15, 0.2) is 0 Å². The normalized spacial score (nSPS) is 17.2. The van der Waals surface area contributed by atoms with E-state index < -0.39 is 0 Å². The highest BCUT2D eigenvalue weighted by molar-refractivity contribution is 5.92. The second-order valence-electron chi connectivity index (χ2n) is 6.61. The van der Waals surface area contributed by atoms with Gasteiger partial charge in [-0.3, -0.25) is 4.79 Å². The largest absolute Gasteiger partial charge is 0.352 e. The standard InChI is InChI=1S/C20H25FN4O/c1-2-16-8-5-6-12-25(16)19-14-23-18(13-24-19)20(26)22-11-10-15-7-3-4-9-17(15)21/h3-4,7,9,13-14,16H,2,5-6,8,10-12H2,1H3,(H,22,26). The van der Waals surface area contributed by atoms with Crippen LogP contribution in [0.1, 0.15) is 48.7 Å². The van der Waals surface area contributed by atoms with E-state index in [0.717, 1.165) is 25.2 Å². The molecule has 0 spiro atoms. The third-order valence-corrected chi connectivity index (χ3v) is 4.90. The first kappa shape index (κ1) is 18.3. The maximum atomic E-state index is 13.6. The van der Waals surface area contributed by atoms with E-state index in [4.69, 9.17) is 0 Å². The molecular weight excluding hydrogens is 331 g/mol. The molecule has 0 aliphatic carbocycles. The molecule has 26 heavy (non-hydrogen) atoms. The van der Waals surface area contributed by atoms with Crippen molar-refractivity contribution in [2.75, 3.05) is 18.0 Å². The fourth-order valence-electron chi connectivity index (χ4n) is 3.42. The van der Waals surface area contributed by atoms with Crippen LogP contribution in [-0.2, 0) is 6.42 Å². The van der Waals surface area contributed by atoms with Crippen LogP contribution in [0, 0.1) is 5.82 Å². The summed E-state index contributed by atoms with van der Waals surface area (Å²) < 4.78 is 13.6. The summed E-state index contributed by atoms with van der Waals surface area (Å²) >= 11 is 0. The molecule has 0 radical (unpaired) electrons. The van der Waals surface area contributed by atoms with Crippen molar-refractivity contribution in [1.29, 1.82) is 0 Å². The number of aromatic nitrogens is 2. The molecule has 2 aromatic rings. The van der Waals surface area contributed by atoms with Gasteiger partial charge in [0.05, 0.1) is 12.4 Å². The Balaban J connectivity index is 1.56. The highest BCUT2D eigenvalue weighted by Gasteiger charge is 2.22. The number of hydrogen-bond acceptors (Lipinski definition) is 4. The van der Waals surface area contributed by atoms with Crippen molar-refractivity contribution in [1.82, 2.24) is 15.3 Å². The van der Waals surface area contributed by atoms with Crippen LogP contribution in [0.15, 0.2) is 36.7 Å². The van der Waals surface area contributed by atoms with E-state index in [1.165, 1.54) is 25.1 Å². The molecule has 1 aromatic carbocycles. The molecule has 138 valence electrons. The molecule has 1 aliphatic rings. The number of piperidine rings is 1. The van der Waals surface area contributed by atoms with Gasteiger partial charge in [-0.25, -0.2) is 14.4 Å². The molecule has 1 fully saturated rings. The summed E-state index contributed by atoms with van der Waals surface area (Å²) in [5.41, 5.74) is 0.872. The van der Waals surface area contributed by atoms with Gasteiger partial charge in [-0.05, 0) is 43.7 Å². The molecule has 5 nitrogen and oxygen atoms in total. The second kappa shape index (κ2) is 8.74. The van der Waals surface area contributed by atoms with Crippen molar-refractivity contribution >= 4 is 11.7 Å². The highest BCUT2D eigenvalue weighted by Crippen LogP contribution is 2.24. The minimum atomic E-state index is -0.286. The van der Waals surface area contributed by atoms with Gasteiger partial charge in [0, 0.05) is 19.1 Å². The van der Waals surface area contributed by atoms with Crippen LogP contribution in [0.4, 0.5) is 10.2 Å². The van der Waals surface area contributed by atoms with Gasteiger partial charge >= 0.3 is 0 Å². The molecule has 0 bridgehead atoms. The lowest BCUT2D eigenvalue weighted by molar-refractivity contribution is 0.0948. The molecular formula is C20H25FN4O. The predicted octanol–water partition coefficient (Wildman–Crippen LogP) is 3.36. The van der Waals surface area contributed by atoms with Crippen molar-refractivity contribution < 1.29 is 9.18 Å². The summed E-state index contributed by atoms with van der Waals surface area (Å²) in [5, 5.41) is 2.77. The van der Waals surface area contributed by atoms with Gasteiger partial charge in [0.2, 0.25) is 0 Å². The predicted molar refractivity (Wildman–Crippen MR) is 99.7 cm³/mol. The Morgan fingerprint density at radius 2 is 2.12 bits per heavy atom. The van der Waals surface area contributed by atoms with Crippen LogP contribution in [0.3, 0.4) is 0 Å². The Morgan fingerprint density at radius 1 is 1.27 bits per heavy atom. The van der Waals surface area contributed by atoms with Crippen LogP contribution >= 0.6 is 0 Å². The lowest BCUT2D eigenvalue weighted by atomic mass is 10.0. The summed E-state index contributed by atoms with van der Waals surface area (Å²) in [7, 11) is 0. The first-order valence-electron chi connectivity index (χ1n) is 9.29. The SMILES string of the molecule is CCC1CCCCN1c1cnc(C(=O)NCCc2ccccc2F)cn1. The lowest BCUT2D eigenvalue weighted by Gasteiger charge is -2.35. The number of hydrogen-bond donors (Lipinski definition) is 1. The third kappa shape index (κ3) is 4.36. The molecule has 1 aliphatic heterocycles. The van der Waals surface area contributed by atoms with Gasteiger partial charge in [0.1, 0.15) is 17.3 Å². The lowest BCUT2D eigenvalue weighted by Crippen LogP contribution is -2.39. The molecule has 3 rings (SSSR count). The second-order valence-corrected chi connectivity index (χ2v) is 6.61. The Labute approximate surface area is 153 Å². The number of amides is 1. The van der Waals surface area contributed by atoms with Crippen molar-refractivity contribution in [3.63, 3.8) is 0 Å². The minimum Gasteiger partial charge on any atom is -0.352 e. The minimum absolute atomic E-state index is 0.252. The molecule has 1 atom stereocenters. The van der Waals surface area contributed by atoms with E-state index in [2.05, 4.69) is 27.1 Å². The third-order valence-electron chi connectivity index (χ3n) is 4.90. The summed E-state index contributed by atoms with van der Waals surface area (Å²) in [6.45, 7) is 3.53. The first-order valence-corrected chi connectivity index (χ1v) is 9.29. The zero-order valence-corrected chi connectivity index (χ0v) is 15.1. The zero-order chi connectivity index (χ0) is 18.4. The first-order chi connectivity index (χ1) is 12.7. The molecule has 0 saturated carbocycles. The number of nitrogens with one attached hydrogen (secondary N) is 1. The fourth-order valence-corrected chi connectivity index (χ4v) is 3.42. The molecule has 1 unspecified atom stereocenters. The van der Waals surface area contributed by atoms with E-state index in [0.29, 0.717) is 24.6 Å². The van der Waals surface area contributed by atoms with Crippen LogP contribution < -0.4 is 10.2 Å². The maximum absolute atomic E-state index is 13.6. The average molecular weight is 356 g/mol. The van der Waals surface area contributed by atoms with Crippen LogP contribution in [-0.4, -0.2) is 35.0 Å². The number of carbonyl (C=O) groups is 1. The summed E-state index contributed by atoms with van der Waals surface area (Å²) in [6, 6.07) is 7.08. The number of halogens is 1. The quantitative estimate of drug-likeness (QED) is 0.862. The molecule has 1 aromatic heterocycles. The summed E-state index contributed by atoms with van der Waals surface area (Å²) in [5.74, 6) is 0.295. The van der Waals surface area contributed by atoms with Gasteiger partial charge in [-0.15, -0.1) is 0 Å². The van der Waals surface area contributed by atoms with E-state index >= 15 is 0 Å². The maximum Gasteiger partial charge on any atom is 0.271 e. The van der Waals surface area contributed by atoms with Crippen molar-refractivity contribution in [2.45, 2.75) is 45.1 Å². The average Bonchev–Trinajstić information content (AvgIpc) is 2.69. The van der Waals surface area contributed by atoms with E-state index in [-0.39, 0.29) is 17.4 Å². The molecule has 1 N–H and O–H groups in total. The molecule has 1 amide bonds. The molecule has 2 heterocycles. The van der Waals surface area contributed by atoms with E-state index in [9.17, 15) is 9.18 Å². The Kier molecular flexibility index (Phi) is 6.15. The fraction of sp³-hybridized carbons (Fsp3) is 0.450. The van der Waals surface area contributed by atoms with E-state index in [1.807, 2.05) is 0 Å². The van der Waals surface area contributed by atoms with Gasteiger partial charge in [-0.2, -0.15) is 0 Å². The number of anilines is 1. The van der Waals surface area contributed by atoms with Gasteiger partial charge in [0.25, 0.3) is 5.91 Å². The monoisotopic (exact) mass is 356 g/mol. The van der Waals surface area contributed by atoms with Crippen molar-refractivity contribution in [3.8, 4) is 0 Å². The smallest absolute Gasteiger partial charge is 0.271 e. The van der Waals surface area contributed by atoms with Crippen molar-refractivity contribution in [3.05, 3.63) is 53.7 Å². The zero-order valence-electron chi connectivity index (χ0n) is 15.1. The van der Waals surface area contributed by atoms with Gasteiger partial charge < -0.3 is 10.2 Å². The van der Waals surface area contributed by atoms with Crippen LogP contribution in [0.5, 0.6) is 0 Å². The number of rotatable bonds is 6. The number of nitrogens with zero attached hydrogens (tertiary/aromatic N) is 3. The number of benzene rings is 1. The van der Waals surface area contributed by atoms with E-state index in [1.54, 1.807) is 24.4 Å². The number of carbonyl (C=O) groups excluding carboxylic acids is 1. The Bertz CT molecular complexity index is 735. The van der Waals surface area contributed by atoms with Crippen LogP contribution in [0.25, 0.3) is 0 Å². The summed E-state index contributed by atoms with van der Waals surface area (Å²) in [4.78, 5) is 23.2. The summed E-state index contributed by atoms with van der Waals surface area (Å²) in [6.07, 6.45) is 8.32. The van der Waals surface area contributed by atoms with Gasteiger partial charge in [-0.1, -0.05) is 25.1 Å². The van der Waals surface area contributed by atoms with Crippen LogP contribution in [0.2, 0.25) is 0 Å². The molecule has 1 saturated heterocycles.